The van der Waals surface area contributed by atoms with Crippen molar-refractivity contribution in [2.75, 3.05) is 0 Å². The van der Waals surface area contributed by atoms with E-state index in [0.717, 1.165) is 57.8 Å². The molecule has 186 valence electrons. The number of ketones is 1. The molecule has 3 unspecified atom stereocenters. The SMILES string of the molecule is C[C@H]1C(=O)CCC2[C@]3(C)CC[C@@]4(C)C5CC(C)(C)CC[C@]5(C(=O)O)CC[C@]4(C)C3CC[C@@]21C. The Morgan fingerprint density at radius 3 is 2.03 bits per heavy atom. The maximum absolute atomic E-state index is 12.9. The molecule has 5 saturated carbocycles. The fraction of sp³-hybridized carbons (Fsp3) is 0.933. The van der Waals surface area contributed by atoms with E-state index in [1.165, 1.54) is 12.8 Å². The van der Waals surface area contributed by atoms with E-state index >= 15 is 0 Å². The van der Waals surface area contributed by atoms with Gasteiger partial charge in [-0.05, 0) is 109 Å². The van der Waals surface area contributed by atoms with Crippen molar-refractivity contribution in [3.05, 3.63) is 0 Å². The van der Waals surface area contributed by atoms with Crippen molar-refractivity contribution in [2.45, 2.75) is 119 Å². The number of carbonyl (C=O) groups excluding carboxylic acids is 1. The van der Waals surface area contributed by atoms with Crippen LogP contribution >= 0.6 is 0 Å². The summed E-state index contributed by atoms with van der Waals surface area (Å²) in [5.41, 5.74) is 0.376. The number of carboxylic acids is 1. The lowest BCUT2D eigenvalue weighted by molar-refractivity contribution is -0.259. The Labute approximate surface area is 201 Å². The molecular formula is C30H48O3. The highest BCUT2D eigenvalue weighted by molar-refractivity contribution is 5.82. The van der Waals surface area contributed by atoms with Crippen LogP contribution in [0.15, 0.2) is 0 Å². The van der Waals surface area contributed by atoms with Crippen LogP contribution in [-0.2, 0) is 9.59 Å². The van der Waals surface area contributed by atoms with Gasteiger partial charge < -0.3 is 5.11 Å². The summed E-state index contributed by atoms with van der Waals surface area (Å²) < 4.78 is 0. The molecule has 0 bridgehead atoms. The largest absolute Gasteiger partial charge is 0.481 e. The molecule has 0 aromatic carbocycles. The van der Waals surface area contributed by atoms with Crippen molar-refractivity contribution >= 4 is 11.8 Å². The Bertz CT molecular complexity index is 876. The van der Waals surface area contributed by atoms with E-state index in [4.69, 9.17) is 0 Å². The van der Waals surface area contributed by atoms with Gasteiger partial charge in [-0.3, -0.25) is 9.59 Å². The summed E-state index contributed by atoms with van der Waals surface area (Å²) in [5, 5.41) is 10.6. The normalized spacial score (nSPS) is 55.5. The molecule has 0 aromatic heterocycles. The minimum Gasteiger partial charge on any atom is -0.481 e. The van der Waals surface area contributed by atoms with Gasteiger partial charge in [0.25, 0.3) is 0 Å². The predicted octanol–water partition coefficient (Wildman–Crippen LogP) is 7.52. The number of fused-ring (bicyclic) bond motifs is 7. The first kappa shape index (κ1) is 23.9. The van der Waals surface area contributed by atoms with Crippen LogP contribution in [0.3, 0.4) is 0 Å². The van der Waals surface area contributed by atoms with Crippen LogP contribution < -0.4 is 0 Å². The number of aliphatic carboxylic acids is 1. The molecule has 0 aromatic rings. The second-order valence-electron chi connectivity index (χ2n) is 15.1. The molecule has 0 radical (unpaired) electrons. The number of Topliss-reactive ketones (excluding diaryl/α,β-unsaturated/α-hetero) is 1. The summed E-state index contributed by atoms with van der Waals surface area (Å²) in [4.78, 5) is 25.6. The smallest absolute Gasteiger partial charge is 0.309 e. The molecule has 5 aliphatic rings. The third-order valence-corrected chi connectivity index (χ3v) is 13.7. The van der Waals surface area contributed by atoms with Crippen molar-refractivity contribution in [3.63, 3.8) is 0 Å². The van der Waals surface area contributed by atoms with Crippen molar-refractivity contribution in [1.29, 1.82) is 0 Å². The zero-order chi connectivity index (χ0) is 24.2. The van der Waals surface area contributed by atoms with E-state index in [9.17, 15) is 14.7 Å². The van der Waals surface area contributed by atoms with Crippen LogP contribution in [0.4, 0.5) is 0 Å². The fourth-order valence-electron chi connectivity index (χ4n) is 11.2. The lowest BCUT2D eigenvalue weighted by Gasteiger charge is -2.74. The zero-order valence-corrected chi connectivity index (χ0v) is 22.4. The molecule has 5 fully saturated rings. The Morgan fingerprint density at radius 1 is 0.758 bits per heavy atom. The average Bonchev–Trinajstić information content (AvgIpc) is 2.73. The number of hydrogen-bond acceptors (Lipinski definition) is 2. The topological polar surface area (TPSA) is 54.4 Å². The van der Waals surface area contributed by atoms with Gasteiger partial charge in [-0.1, -0.05) is 48.5 Å². The van der Waals surface area contributed by atoms with Gasteiger partial charge in [-0.2, -0.15) is 0 Å². The van der Waals surface area contributed by atoms with Gasteiger partial charge in [0, 0.05) is 12.3 Å². The van der Waals surface area contributed by atoms with E-state index < -0.39 is 11.4 Å². The van der Waals surface area contributed by atoms with E-state index in [1.807, 2.05) is 0 Å². The van der Waals surface area contributed by atoms with Crippen LogP contribution in [0.5, 0.6) is 0 Å². The molecule has 0 amide bonds. The number of carbonyl (C=O) groups is 2. The predicted molar refractivity (Wildman–Crippen MR) is 132 cm³/mol. The second-order valence-corrected chi connectivity index (χ2v) is 15.1. The van der Waals surface area contributed by atoms with Crippen molar-refractivity contribution in [1.82, 2.24) is 0 Å². The van der Waals surface area contributed by atoms with E-state index in [0.29, 0.717) is 17.6 Å². The Kier molecular flexibility index (Phi) is 4.97. The van der Waals surface area contributed by atoms with Gasteiger partial charge in [0.2, 0.25) is 0 Å². The Morgan fingerprint density at radius 2 is 1.36 bits per heavy atom. The van der Waals surface area contributed by atoms with Gasteiger partial charge in [-0.15, -0.1) is 0 Å². The highest BCUT2D eigenvalue weighted by Gasteiger charge is 2.72. The Hall–Kier alpha value is -0.860. The molecule has 33 heavy (non-hydrogen) atoms. The third kappa shape index (κ3) is 2.80. The fourth-order valence-corrected chi connectivity index (χ4v) is 11.2. The van der Waals surface area contributed by atoms with Crippen molar-refractivity contribution < 1.29 is 14.7 Å². The highest BCUT2D eigenvalue weighted by Crippen LogP contribution is 2.78. The summed E-state index contributed by atoms with van der Waals surface area (Å²) in [7, 11) is 0. The molecule has 0 spiro atoms. The average molecular weight is 457 g/mol. The van der Waals surface area contributed by atoms with Crippen molar-refractivity contribution in [2.24, 2.45) is 56.2 Å². The summed E-state index contributed by atoms with van der Waals surface area (Å²) >= 11 is 0. The zero-order valence-electron chi connectivity index (χ0n) is 22.4. The maximum atomic E-state index is 12.9. The molecule has 5 aliphatic carbocycles. The molecular weight excluding hydrogens is 408 g/mol. The van der Waals surface area contributed by atoms with Crippen LogP contribution in [0.25, 0.3) is 0 Å². The monoisotopic (exact) mass is 456 g/mol. The second kappa shape index (κ2) is 6.88. The number of hydrogen-bond donors (Lipinski definition) is 1. The van der Waals surface area contributed by atoms with Gasteiger partial charge in [0.05, 0.1) is 5.41 Å². The molecule has 0 saturated heterocycles. The molecule has 3 nitrogen and oxygen atoms in total. The molecule has 5 rings (SSSR count). The van der Waals surface area contributed by atoms with E-state index in [2.05, 4.69) is 48.5 Å². The van der Waals surface area contributed by atoms with Crippen LogP contribution in [0.1, 0.15) is 119 Å². The van der Waals surface area contributed by atoms with Crippen LogP contribution in [0, 0.1) is 56.2 Å². The molecule has 0 heterocycles. The maximum Gasteiger partial charge on any atom is 0.309 e. The molecule has 9 atom stereocenters. The first-order valence-electron chi connectivity index (χ1n) is 13.9. The minimum absolute atomic E-state index is 0.0787. The molecule has 1 N–H and O–H groups in total. The quantitative estimate of drug-likeness (QED) is 0.444. The van der Waals surface area contributed by atoms with Gasteiger partial charge in [0.1, 0.15) is 5.78 Å². The third-order valence-electron chi connectivity index (χ3n) is 13.7. The van der Waals surface area contributed by atoms with Gasteiger partial charge >= 0.3 is 5.97 Å². The highest BCUT2D eigenvalue weighted by atomic mass is 16.4. The summed E-state index contributed by atoms with van der Waals surface area (Å²) in [6, 6.07) is 0. The van der Waals surface area contributed by atoms with Gasteiger partial charge in [-0.25, -0.2) is 0 Å². The molecule has 0 aliphatic heterocycles. The van der Waals surface area contributed by atoms with Crippen molar-refractivity contribution in [3.8, 4) is 0 Å². The first-order valence-corrected chi connectivity index (χ1v) is 13.9. The van der Waals surface area contributed by atoms with Crippen LogP contribution in [0.2, 0.25) is 0 Å². The molecule has 3 heteroatoms. The summed E-state index contributed by atoms with van der Waals surface area (Å²) in [6.45, 7) is 17.0. The minimum atomic E-state index is -0.521. The Balaban J connectivity index is 1.57. The van der Waals surface area contributed by atoms with Gasteiger partial charge in [0.15, 0.2) is 0 Å². The number of carboxylic acid groups (broad SMARTS) is 1. The number of rotatable bonds is 1. The lowest BCUT2D eigenvalue weighted by atomic mass is 9.30. The first-order chi connectivity index (χ1) is 15.2. The lowest BCUT2D eigenvalue weighted by Crippen LogP contribution is -2.68. The standard InChI is InChI=1S/C30H48O3/c1-19-20(31)8-9-21-26(19,4)11-10-22-27(21,5)13-14-29(7)23-18-25(2,3)12-16-30(23,24(32)33)17-15-28(22,29)6/h19,21-23H,8-18H2,1-7H3,(H,32,33)/t19-,21?,22?,23?,26+,27-,28+,29-,30-/m0/s1. The van der Waals surface area contributed by atoms with Crippen LogP contribution in [-0.4, -0.2) is 16.9 Å². The van der Waals surface area contributed by atoms with E-state index in [-0.39, 0.29) is 38.9 Å². The van der Waals surface area contributed by atoms with E-state index in [1.54, 1.807) is 0 Å². The summed E-state index contributed by atoms with van der Waals surface area (Å²) in [6.07, 6.45) is 11.4. The summed E-state index contributed by atoms with van der Waals surface area (Å²) in [5.74, 6) is 1.67.